The van der Waals surface area contributed by atoms with Crippen molar-refractivity contribution < 1.29 is 81.8 Å². The number of aliphatic hydroxyl groups is 2. The molecule has 0 bridgehead atoms. The molecule has 2 fully saturated rings. The number of benzene rings is 1. The van der Waals surface area contributed by atoms with Crippen molar-refractivity contribution in [2.24, 2.45) is 35.5 Å². The van der Waals surface area contributed by atoms with Gasteiger partial charge in [0.25, 0.3) is 15.7 Å². The molecule has 1 aromatic carbocycles. The van der Waals surface area contributed by atoms with Gasteiger partial charge in [-0.05, 0) is 80.4 Å². The second kappa shape index (κ2) is 13.5. The Hall–Kier alpha value is -2.64. The number of carbonyl (C=O) groups is 2. The Balaban J connectivity index is 1.85. The molecule has 49 heavy (non-hydrogen) atoms. The molecule has 0 saturated heterocycles. The summed E-state index contributed by atoms with van der Waals surface area (Å²) in [6, 6.07) is 2.06. The van der Waals surface area contributed by atoms with E-state index in [0.717, 1.165) is 6.07 Å². The van der Waals surface area contributed by atoms with Gasteiger partial charge in [0.1, 0.15) is 12.2 Å². The number of rotatable bonds is 7. The van der Waals surface area contributed by atoms with Crippen molar-refractivity contribution in [2.75, 3.05) is 0 Å². The summed E-state index contributed by atoms with van der Waals surface area (Å²) in [6.45, 7) is 5.98. The van der Waals surface area contributed by atoms with E-state index < -0.39 is 128 Å². The summed E-state index contributed by atoms with van der Waals surface area (Å²) in [7, 11) is -5.10. The van der Waals surface area contributed by atoms with Crippen LogP contribution in [0.3, 0.4) is 0 Å². The molecule has 0 aromatic heterocycles. The van der Waals surface area contributed by atoms with E-state index in [1.54, 1.807) is 0 Å². The van der Waals surface area contributed by atoms with E-state index in [1.165, 1.54) is 27.7 Å². The molecule has 0 aliphatic heterocycles. The topological polar surface area (TPSA) is 147 Å². The molecule has 5 atom stereocenters. The summed E-state index contributed by atoms with van der Waals surface area (Å²) in [6.07, 6.45) is -21.6. The lowest BCUT2D eigenvalue weighted by Crippen LogP contribution is -2.63. The van der Waals surface area contributed by atoms with Gasteiger partial charge in [-0.2, -0.15) is 47.9 Å². The van der Waals surface area contributed by atoms with Gasteiger partial charge in [-0.15, -0.1) is 0 Å². The molecule has 3 rings (SSSR count). The maximum atomic E-state index is 13.5. The maximum Gasteiger partial charge on any atom is 0.426 e. The van der Waals surface area contributed by atoms with Crippen molar-refractivity contribution in [3.05, 3.63) is 29.3 Å². The molecular weight excluding hydrogens is 707 g/mol. The molecule has 0 spiro atoms. The molecule has 0 radical (unpaired) electrons. The fourth-order valence-corrected chi connectivity index (χ4v) is 7.68. The second-order valence-electron chi connectivity index (χ2n) is 13.6. The molecule has 2 aliphatic carbocycles. The molecule has 3 N–H and O–H groups in total. The lowest BCUT2D eigenvalue weighted by atomic mass is 9.67. The Morgan fingerprint density at radius 2 is 0.980 bits per heavy atom. The number of ether oxygens (including phenoxy) is 2. The van der Waals surface area contributed by atoms with Gasteiger partial charge in [-0.3, -0.25) is 4.55 Å². The van der Waals surface area contributed by atoms with E-state index in [-0.39, 0.29) is 12.8 Å². The summed E-state index contributed by atoms with van der Waals surface area (Å²) in [4.78, 5) is 25.4. The van der Waals surface area contributed by atoms with Crippen LogP contribution in [0.15, 0.2) is 23.1 Å². The highest BCUT2D eigenvalue weighted by molar-refractivity contribution is 7.85. The highest BCUT2D eigenvalue weighted by Crippen LogP contribution is 2.53. The van der Waals surface area contributed by atoms with Crippen LogP contribution in [0.5, 0.6) is 0 Å². The minimum atomic E-state index is -6.07. The third-order valence-electron chi connectivity index (χ3n) is 9.85. The van der Waals surface area contributed by atoms with Gasteiger partial charge in [0, 0.05) is 5.92 Å². The van der Waals surface area contributed by atoms with Gasteiger partial charge >= 0.3 is 30.5 Å². The molecule has 9 nitrogen and oxygen atoms in total. The molecule has 2 aliphatic rings. The number of esters is 2. The van der Waals surface area contributed by atoms with E-state index in [4.69, 9.17) is 9.47 Å². The molecule has 0 heterocycles. The van der Waals surface area contributed by atoms with Crippen molar-refractivity contribution in [2.45, 2.75) is 107 Å². The molecule has 1 aromatic rings. The van der Waals surface area contributed by atoms with Crippen LogP contribution in [0.1, 0.15) is 81.0 Å². The first-order valence-corrected chi connectivity index (χ1v) is 16.6. The normalized spacial score (nSPS) is 30.3. The zero-order valence-electron chi connectivity index (χ0n) is 26.8. The Labute approximate surface area is 275 Å². The maximum absolute atomic E-state index is 13.5. The predicted molar refractivity (Wildman–Crippen MR) is 151 cm³/mol. The van der Waals surface area contributed by atoms with Crippen LogP contribution in [0.4, 0.5) is 39.5 Å². The fraction of sp³-hybridized carbons (Fsp3) is 0.733. The summed E-state index contributed by atoms with van der Waals surface area (Å²) >= 11 is 0. The van der Waals surface area contributed by atoms with Crippen LogP contribution in [0.2, 0.25) is 0 Å². The quantitative estimate of drug-likeness (QED) is 0.161. The molecule has 2 saturated carbocycles. The van der Waals surface area contributed by atoms with Crippen molar-refractivity contribution in [1.82, 2.24) is 0 Å². The van der Waals surface area contributed by atoms with Gasteiger partial charge in [0.2, 0.25) is 0 Å². The molecule has 19 heteroatoms. The minimum Gasteiger partial charge on any atom is -0.458 e. The van der Waals surface area contributed by atoms with Gasteiger partial charge < -0.3 is 19.7 Å². The molecule has 5 unspecified atom stereocenters. The van der Waals surface area contributed by atoms with E-state index in [2.05, 4.69) is 0 Å². The highest BCUT2D eigenvalue weighted by atomic mass is 32.2. The Morgan fingerprint density at radius 3 is 1.27 bits per heavy atom. The van der Waals surface area contributed by atoms with E-state index in [1.807, 2.05) is 0 Å². The SMILES string of the molecule is CC1CC(C(C)(O)C(F)(F)F)CC(C)C1OC(=O)c1cc(C(=O)OC2C(C)CC(C(O)(C(F)(F)F)C(F)(F)F)CC2C)cc(S(=O)(=O)O)c1. The zero-order chi connectivity index (χ0) is 37.9. The van der Waals surface area contributed by atoms with Crippen LogP contribution in [0, 0.1) is 35.5 Å². The second-order valence-corrected chi connectivity index (χ2v) is 15.0. The van der Waals surface area contributed by atoms with Crippen LogP contribution in [-0.2, 0) is 19.6 Å². The standard InChI is InChI=1S/C30H37F9O9S/c1-13-6-19(26(5,42)28(31,32)33)7-14(2)22(13)47-24(40)17-10-18(12-21(11-17)49(44,45)46)25(41)48-23-15(3)8-20(9-16(23)4)27(43,29(34,35)36)30(37,38)39/h10-16,19-20,22-23,42-43H,6-9H2,1-5H3,(H,44,45,46). The number of carbonyl (C=O) groups excluding carboxylic acids is 2. The summed E-state index contributed by atoms with van der Waals surface area (Å²) in [5.41, 5.74) is -9.36. The van der Waals surface area contributed by atoms with Crippen molar-refractivity contribution in [1.29, 1.82) is 0 Å². The van der Waals surface area contributed by atoms with Gasteiger partial charge in [-0.1, -0.05) is 27.7 Å². The van der Waals surface area contributed by atoms with Crippen molar-refractivity contribution in [3.8, 4) is 0 Å². The first-order chi connectivity index (χ1) is 21.9. The van der Waals surface area contributed by atoms with E-state index in [0.29, 0.717) is 19.1 Å². The molecular formula is C30H37F9O9S. The zero-order valence-corrected chi connectivity index (χ0v) is 27.6. The fourth-order valence-electron chi connectivity index (χ4n) is 7.13. The Morgan fingerprint density at radius 1 is 0.653 bits per heavy atom. The van der Waals surface area contributed by atoms with Crippen molar-refractivity contribution in [3.63, 3.8) is 0 Å². The minimum absolute atomic E-state index is 0.209. The largest absolute Gasteiger partial charge is 0.458 e. The van der Waals surface area contributed by atoms with E-state index >= 15 is 0 Å². The monoisotopic (exact) mass is 744 g/mol. The number of halogens is 9. The van der Waals surface area contributed by atoms with Crippen LogP contribution in [-0.4, -0.2) is 77.1 Å². The smallest absolute Gasteiger partial charge is 0.426 e. The van der Waals surface area contributed by atoms with Crippen LogP contribution in [0.25, 0.3) is 0 Å². The third kappa shape index (κ3) is 8.14. The Kier molecular flexibility index (Phi) is 11.2. The average Bonchev–Trinajstić information content (AvgIpc) is 2.93. The van der Waals surface area contributed by atoms with Crippen LogP contribution < -0.4 is 0 Å². The van der Waals surface area contributed by atoms with Gasteiger partial charge in [0.15, 0.2) is 5.60 Å². The summed E-state index contributed by atoms with van der Waals surface area (Å²) < 4.78 is 166. The average molecular weight is 745 g/mol. The van der Waals surface area contributed by atoms with E-state index in [9.17, 15) is 72.3 Å². The van der Waals surface area contributed by atoms with Gasteiger partial charge in [-0.25, -0.2) is 9.59 Å². The Bertz CT molecular complexity index is 1470. The molecule has 0 amide bonds. The first-order valence-electron chi connectivity index (χ1n) is 15.1. The predicted octanol–water partition coefficient (Wildman–Crippen LogP) is 6.52. The number of hydrogen-bond acceptors (Lipinski definition) is 8. The first kappa shape index (κ1) is 40.8. The molecule has 280 valence electrons. The lowest BCUT2D eigenvalue weighted by Gasteiger charge is -2.46. The van der Waals surface area contributed by atoms with Crippen molar-refractivity contribution >= 4 is 22.1 Å². The van der Waals surface area contributed by atoms with Gasteiger partial charge in [0.05, 0.1) is 16.0 Å². The summed E-state index contributed by atoms with van der Waals surface area (Å²) in [5.74, 6) is -10.0. The third-order valence-corrected chi connectivity index (χ3v) is 10.7. The summed E-state index contributed by atoms with van der Waals surface area (Å²) in [5, 5.41) is 20.0. The number of hydrogen-bond donors (Lipinski definition) is 3. The highest BCUT2D eigenvalue weighted by Gasteiger charge is 2.74. The van der Waals surface area contributed by atoms with Crippen LogP contribution >= 0.6 is 0 Å². The number of alkyl halides is 9. The lowest BCUT2D eigenvalue weighted by molar-refractivity contribution is -0.389.